The van der Waals surface area contributed by atoms with E-state index < -0.39 is 5.41 Å². The quantitative estimate of drug-likeness (QED) is 0.322. The largest absolute Gasteiger partial charge is 0.339 e. The molecule has 4 aromatic heterocycles. The zero-order valence-electron chi connectivity index (χ0n) is 24.9. The molecular formula is C33H35N9O. The molecule has 10 nitrogen and oxygen atoms in total. The van der Waals surface area contributed by atoms with Crippen LogP contribution >= 0.6 is 0 Å². The average molecular weight is 574 g/mol. The zero-order chi connectivity index (χ0) is 29.5. The van der Waals surface area contributed by atoms with E-state index in [1.54, 1.807) is 4.68 Å². The molecule has 6 heterocycles. The molecule has 1 spiro atoms. The topological polar surface area (TPSA) is 112 Å². The van der Waals surface area contributed by atoms with Crippen LogP contribution in [0.1, 0.15) is 50.5 Å². The van der Waals surface area contributed by atoms with Gasteiger partial charge in [-0.1, -0.05) is 18.9 Å². The van der Waals surface area contributed by atoms with Crippen LogP contribution in [0.4, 0.5) is 5.69 Å². The Bertz CT molecular complexity index is 1960. The predicted molar refractivity (Wildman–Crippen MR) is 165 cm³/mol. The maximum absolute atomic E-state index is 14.3. The summed E-state index contributed by atoms with van der Waals surface area (Å²) in [6.45, 7) is 1.61. The fourth-order valence-corrected chi connectivity index (χ4v) is 8.41. The predicted octanol–water partition coefficient (Wildman–Crippen LogP) is 5.05. The molecule has 1 saturated carbocycles. The lowest BCUT2D eigenvalue weighted by Crippen LogP contribution is -2.55. The molecule has 1 saturated heterocycles. The molecule has 1 N–H and O–H groups in total. The number of piperidine rings is 1. The maximum atomic E-state index is 14.3. The van der Waals surface area contributed by atoms with Crippen LogP contribution < -0.4 is 4.90 Å². The summed E-state index contributed by atoms with van der Waals surface area (Å²) in [5.74, 6) is 0.148. The van der Waals surface area contributed by atoms with Crippen molar-refractivity contribution in [2.75, 3.05) is 25.0 Å². The number of hydrogen-bond donors (Lipinski definition) is 1. The van der Waals surface area contributed by atoms with Crippen molar-refractivity contribution in [2.24, 2.45) is 14.1 Å². The number of nitrogens with one attached hydrogen (secondary N) is 1. The summed E-state index contributed by atoms with van der Waals surface area (Å²) in [6, 6.07) is 8.93. The summed E-state index contributed by atoms with van der Waals surface area (Å²) in [5.41, 5.74) is 7.12. The first-order valence-corrected chi connectivity index (χ1v) is 15.2. The number of aryl methyl sites for hydroxylation is 2. The first-order chi connectivity index (χ1) is 20.8. The standard InChI is InChI=1S/C33H35N9O/c1-39-20-23(18-36-39)29-26(21-6-7-24-22(16-21)17-37-41(24)3)27-28-25(19-35-30(27)38-29)40(2)31(43)33(28)11-14-42(15-12-33)32(10-13-34)8-4-5-9-32/h6-7,16-20H,4-5,8-12,14-15H2,1-3H3,(H,35,38). The molecule has 8 rings (SSSR count). The van der Waals surface area contributed by atoms with E-state index in [0.29, 0.717) is 6.42 Å². The normalized spacial score (nSPS) is 19.6. The van der Waals surface area contributed by atoms with Gasteiger partial charge in [-0.25, -0.2) is 4.98 Å². The number of H-pyrrole nitrogens is 1. The van der Waals surface area contributed by atoms with Crippen molar-refractivity contribution < 1.29 is 4.79 Å². The summed E-state index contributed by atoms with van der Waals surface area (Å²) in [7, 11) is 5.76. The number of nitriles is 1. The highest BCUT2D eigenvalue weighted by Gasteiger charge is 2.55. The van der Waals surface area contributed by atoms with Crippen LogP contribution in [0.3, 0.4) is 0 Å². The van der Waals surface area contributed by atoms with Gasteiger partial charge in [0, 0.05) is 73.4 Å². The first kappa shape index (κ1) is 26.2. The summed E-state index contributed by atoms with van der Waals surface area (Å²) < 4.78 is 3.69. The van der Waals surface area contributed by atoms with Crippen molar-refractivity contribution in [1.82, 2.24) is 34.4 Å². The lowest BCUT2D eigenvalue weighted by molar-refractivity contribution is -0.125. The van der Waals surface area contributed by atoms with Gasteiger partial charge in [0.15, 0.2) is 0 Å². The number of hydrogen-bond acceptors (Lipinski definition) is 6. The Hall–Kier alpha value is -4.49. The van der Waals surface area contributed by atoms with Gasteiger partial charge in [0.05, 0.1) is 53.4 Å². The lowest BCUT2D eigenvalue weighted by Gasteiger charge is -2.47. The molecule has 2 aliphatic heterocycles. The number of carbonyl (C=O) groups is 1. The van der Waals surface area contributed by atoms with Gasteiger partial charge in [-0.05, 0) is 43.4 Å². The zero-order valence-corrected chi connectivity index (χ0v) is 24.9. The third kappa shape index (κ3) is 3.61. The van der Waals surface area contributed by atoms with Crippen molar-refractivity contribution >= 4 is 33.5 Å². The van der Waals surface area contributed by atoms with Crippen molar-refractivity contribution in [3.05, 3.63) is 48.5 Å². The third-order valence-electron chi connectivity index (χ3n) is 10.6. The SMILES string of the molecule is CN1C(=O)C2(CCN(C3(CC#N)CCCC3)CC2)c2c1cnc1[nH]c(-c3cnn(C)c3)c(-c3ccc4c(cnn4C)c3)c21. The van der Waals surface area contributed by atoms with Crippen LogP contribution in [-0.4, -0.2) is 66.0 Å². The van der Waals surface area contributed by atoms with E-state index in [1.165, 1.54) is 12.8 Å². The molecule has 0 atom stereocenters. The van der Waals surface area contributed by atoms with Gasteiger partial charge in [-0.2, -0.15) is 15.5 Å². The number of benzene rings is 1. The summed E-state index contributed by atoms with van der Waals surface area (Å²) >= 11 is 0. The number of aromatic nitrogens is 6. The molecule has 5 aromatic rings. The third-order valence-corrected chi connectivity index (χ3v) is 10.6. The highest BCUT2D eigenvalue weighted by molar-refractivity contribution is 6.16. The number of likely N-dealkylation sites (tertiary alicyclic amines) is 1. The van der Waals surface area contributed by atoms with E-state index in [-0.39, 0.29) is 11.4 Å². The Morgan fingerprint density at radius 2 is 1.79 bits per heavy atom. The van der Waals surface area contributed by atoms with Crippen LogP contribution in [0.5, 0.6) is 0 Å². The van der Waals surface area contributed by atoms with Gasteiger partial charge in [-0.3, -0.25) is 19.1 Å². The minimum absolute atomic E-state index is 0.0494. The van der Waals surface area contributed by atoms with E-state index in [0.717, 1.165) is 94.3 Å². The molecule has 3 aliphatic rings. The van der Waals surface area contributed by atoms with Crippen LogP contribution in [-0.2, 0) is 24.3 Å². The number of rotatable bonds is 4. The molecule has 1 aliphatic carbocycles. The van der Waals surface area contributed by atoms with E-state index in [9.17, 15) is 10.1 Å². The summed E-state index contributed by atoms with van der Waals surface area (Å²) in [4.78, 5) is 27.2. The van der Waals surface area contributed by atoms with Crippen molar-refractivity contribution in [1.29, 1.82) is 5.26 Å². The second kappa shape index (κ2) is 9.25. The van der Waals surface area contributed by atoms with Gasteiger partial charge < -0.3 is 9.88 Å². The van der Waals surface area contributed by atoms with Crippen LogP contribution in [0.25, 0.3) is 44.3 Å². The number of anilines is 1. The number of fused-ring (bicyclic) bond motifs is 5. The van der Waals surface area contributed by atoms with Gasteiger partial charge in [-0.15, -0.1) is 0 Å². The molecule has 0 unspecified atom stereocenters. The van der Waals surface area contributed by atoms with Gasteiger partial charge in [0.2, 0.25) is 5.91 Å². The van der Waals surface area contributed by atoms with Crippen LogP contribution in [0.2, 0.25) is 0 Å². The molecule has 218 valence electrons. The van der Waals surface area contributed by atoms with E-state index >= 15 is 0 Å². The molecular weight excluding hydrogens is 538 g/mol. The molecule has 1 aromatic carbocycles. The van der Waals surface area contributed by atoms with Crippen LogP contribution in [0.15, 0.2) is 43.0 Å². The minimum atomic E-state index is -0.643. The molecule has 1 amide bonds. The summed E-state index contributed by atoms with van der Waals surface area (Å²) in [6.07, 6.45) is 14.1. The Balaban J connectivity index is 1.33. The van der Waals surface area contributed by atoms with E-state index in [1.807, 2.05) is 55.5 Å². The number of likely N-dealkylation sites (N-methyl/N-ethyl adjacent to an activating group) is 1. The number of aromatic amines is 1. The molecule has 0 radical (unpaired) electrons. The molecule has 2 fully saturated rings. The second-order valence-corrected chi connectivity index (χ2v) is 12.8. The van der Waals surface area contributed by atoms with Gasteiger partial charge in [0.25, 0.3) is 0 Å². The average Bonchev–Trinajstić information content (AvgIpc) is 3.84. The Morgan fingerprint density at radius 3 is 2.51 bits per heavy atom. The molecule has 0 bridgehead atoms. The Kier molecular flexibility index (Phi) is 5.63. The van der Waals surface area contributed by atoms with Gasteiger partial charge >= 0.3 is 0 Å². The second-order valence-electron chi connectivity index (χ2n) is 12.8. The van der Waals surface area contributed by atoms with Crippen LogP contribution in [0, 0.1) is 11.3 Å². The number of pyridine rings is 1. The minimum Gasteiger partial charge on any atom is -0.339 e. The smallest absolute Gasteiger partial charge is 0.237 e. The number of nitrogens with zero attached hydrogens (tertiary/aromatic N) is 8. The monoisotopic (exact) mass is 573 g/mol. The fourth-order valence-electron chi connectivity index (χ4n) is 8.41. The Morgan fingerprint density at radius 1 is 1.00 bits per heavy atom. The first-order valence-electron chi connectivity index (χ1n) is 15.2. The van der Waals surface area contributed by atoms with E-state index in [2.05, 4.69) is 44.3 Å². The highest BCUT2D eigenvalue weighted by atomic mass is 16.2. The van der Waals surface area contributed by atoms with E-state index in [4.69, 9.17) is 4.98 Å². The van der Waals surface area contributed by atoms with Gasteiger partial charge in [0.1, 0.15) is 5.65 Å². The maximum Gasteiger partial charge on any atom is 0.237 e. The summed E-state index contributed by atoms with van der Waals surface area (Å²) in [5, 5.41) is 20.7. The molecule has 43 heavy (non-hydrogen) atoms. The number of amides is 1. The van der Waals surface area contributed by atoms with Crippen molar-refractivity contribution in [3.63, 3.8) is 0 Å². The fraction of sp³-hybridized carbons (Fsp3) is 0.424. The Labute approximate surface area is 249 Å². The molecule has 10 heteroatoms. The van der Waals surface area contributed by atoms with Crippen molar-refractivity contribution in [3.8, 4) is 28.5 Å². The van der Waals surface area contributed by atoms with Crippen molar-refractivity contribution in [2.45, 2.75) is 55.9 Å². The number of carbonyl (C=O) groups excluding carboxylic acids is 1. The lowest BCUT2D eigenvalue weighted by atomic mass is 9.71. The highest BCUT2D eigenvalue weighted by Crippen LogP contribution is 2.54.